The van der Waals surface area contributed by atoms with E-state index in [1.807, 2.05) is 11.9 Å². The molecule has 0 aromatic carbocycles. The summed E-state index contributed by atoms with van der Waals surface area (Å²) in [6.07, 6.45) is 2.63. The first kappa shape index (κ1) is 19.1. The molecule has 20 heavy (non-hydrogen) atoms. The van der Waals surface area contributed by atoms with E-state index in [2.05, 4.69) is 20.2 Å². The van der Waals surface area contributed by atoms with Crippen LogP contribution in [0.2, 0.25) is 0 Å². The highest BCUT2D eigenvalue weighted by Gasteiger charge is 2.08. The molecule has 1 rings (SSSR count). The van der Waals surface area contributed by atoms with Crippen molar-refractivity contribution in [2.45, 2.75) is 6.54 Å². The van der Waals surface area contributed by atoms with Gasteiger partial charge in [0.25, 0.3) is 0 Å². The third-order valence-electron chi connectivity index (χ3n) is 2.24. The highest BCUT2D eigenvalue weighted by Crippen LogP contribution is 1.99. The summed E-state index contributed by atoms with van der Waals surface area (Å²) in [4.78, 5) is 5.96. The second kappa shape index (κ2) is 9.13. The molecule has 1 aromatic rings. The van der Waals surface area contributed by atoms with E-state index in [4.69, 9.17) is 4.52 Å². The number of rotatable bonds is 6. The van der Waals surface area contributed by atoms with E-state index in [0.29, 0.717) is 25.6 Å². The van der Waals surface area contributed by atoms with Crippen molar-refractivity contribution in [2.24, 2.45) is 4.99 Å². The monoisotopic (exact) mass is 417 g/mol. The Labute approximate surface area is 136 Å². The van der Waals surface area contributed by atoms with Crippen LogP contribution in [0.15, 0.2) is 21.8 Å². The van der Waals surface area contributed by atoms with Crippen molar-refractivity contribution in [1.29, 1.82) is 0 Å². The van der Waals surface area contributed by atoms with Crippen LogP contribution in [-0.2, 0) is 16.6 Å². The van der Waals surface area contributed by atoms with Crippen LogP contribution >= 0.6 is 24.0 Å². The van der Waals surface area contributed by atoms with Crippen LogP contribution in [0.3, 0.4) is 0 Å². The molecule has 0 saturated heterocycles. The van der Waals surface area contributed by atoms with Gasteiger partial charge in [-0.2, -0.15) is 0 Å². The molecule has 0 unspecified atom stereocenters. The van der Waals surface area contributed by atoms with Crippen molar-refractivity contribution in [3.63, 3.8) is 0 Å². The third kappa shape index (κ3) is 7.65. The highest BCUT2D eigenvalue weighted by molar-refractivity contribution is 14.0. The largest absolute Gasteiger partial charge is 0.364 e. The van der Waals surface area contributed by atoms with E-state index in [1.165, 1.54) is 6.26 Å². The molecule has 0 aliphatic rings. The number of sulfonamides is 1. The Hall–Kier alpha value is -0.880. The van der Waals surface area contributed by atoms with Gasteiger partial charge < -0.3 is 14.7 Å². The molecule has 0 amide bonds. The van der Waals surface area contributed by atoms with Gasteiger partial charge in [0, 0.05) is 33.3 Å². The fourth-order valence-corrected chi connectivity index (χ4v) is 1.91. The number of halogens is 1. The quantitative estimate of drug-likeness (QED) is 0.289. The number of nitrogens with one attached hydrogen (secondary N) is 2. The fourth-order valence-electron chi connectivity index (χ4n) is 1.43. The number of aromatic nitrogens is 1. The Morgan fingerprint density at radius 1 is 1.50 bits per heavy atom. The van der Waals surface area contributed by atoms with E-state index in [1.54, 1.807) is 13.1 Å². The number of nitrogens with zero attached hydrogens (tertiary/aromatic N) is 3. The summed E-state index contributed by atoms with van der Waals surface area (Å²) in [5, 5.41) is 6.86. The van der Waals surface area contributed by atoms with Crippen LogP contribution in [0.4, 0.5) is 0 Å². The normalized spacial score (nSPS) is 11.8. The van der Waals surface area contributed by atoms with E-state index >= 15 is 0 Å². The minimum absolute atomic E-state index is 0. The molecule has 0 spiro atoms. The van der Waals surface area contributed by atoms with Crippen molar-refractivity contribution in [2.75, 3.05) is 33.4 Å². The van der Waals surface area contributed by atoms with Crippen LogP contribution in [0.5, 0.6) is 0 Å². The minimum atomic E-state index is -3.16. The number of hydrogen-bond donors (Lipinski definition) is 2. The van der Waals surface area contributed by atoms with Crippen LogP contribution in [-0.4, -0.2) is 57.9 Å². The molecular weight excluding hydrogens is 397 g/mol. The minimum Gasteiger partial charge on any atom is -0.364 e. The Bertz CT molecular complexity index is 503. The van der Waals surface area contributed by atoms with Crippen molar-refractivity contribution in [3.05, 3.63) is 18.0 Å². The molecular formula is C10H20IN5O3S. The lowest BCUT2D eigenvalue weighted by molar-refractivity contribution is 0.391. The van der Waals surface area contributed by atoms with Crippen molar-refractivity contribution in [1.82, 2.24) is 20.1 Å². The van der Waals surface area contributed by atoms with Gasteiger partial charge in [0.2, 0.25) is 10.0 Å². The second-order valence-corrected chi connectivity index (χ2v) is 5.82. The highest BCUT2D eigenvalue weighted by atomic mass is 127. The van der Waals surface area contributed by atoms with Crippen LogP contribution < -0.4 is 10.0 Å². The fraction of sp³-hybridized carbons (Fsp3) is 0.600. The zero-order valence-electron chi connectivity index (χ0n) is 11.7. The van der Waals surface area contributed by atoms with Crippen LogP contribution in [0.1, 0.15) is 5.69 Å². The Kier molecular flexibility index (Phi) is 8.73. The van der Waals surface area contributed by atoms with Crippen molar-refractivity contribution in [3.8, 4) is 0 Å². The average molecular weight is 417 g/mol. The van der Waals surface area contributed by atoms with Crippen molar-refractivity contribution >= 4 is 40.0 Å². The first-order chi connectivity index (χ1) is 8.92. The maximum Gasteiger partial charge on any atom is 0.208 e. The van der Waals surface area contributed by atoms with Gasteiger partial charge in [-0.1, -0.05) is 5.16 Å². The number of aliphatic imine (C=N–C) groups is 1. The lowest BCUT2D eigenvalue weighted by atomic mass is 10.4. The van der Waals surface area contributed by atoms with E-state index < -0.39 is 10.0 Å². The average Bonchev–Trinajstić information content (AvgIpc) is 2.80. The molecule has 1 heterocycles. The first-order valence-corrected chi connectivity index (χ1v) is 7.57. The van der Waals surface area contributed by atoms with Gasteiger partial charge in [0.05, 0.1) is 12.8 Å². The summed E-state index contributed by atoms with van der Waals surface area (Å²) >= 11 is 0. The van der Waals surface area contributed by atoms with E-state index in [-0.39, 0.29) is 24.0 Å². The Morgan fingerprint density at radius 2 is 2.20 bits per heavy atom. The number of guanidine groups is 1. The zero-order chi connectivity index (χ0) is 14.3. The molecule has 0 atom stereocenters. The van der Waals surface area contributed by atoms with Gasteiger partial charge in [-0.15, -0.1) is 24.0 Å². The zero-order valence-corrected chi connectivity index (χ0v) is 14.8. The summed E-state index contributed by atoms with van der Waals surface area (Å²) in [7, 11) is 0.358. The molecule has 0 saturated carbocycles. The molecule has 0 bridgehead atoms. The van der Waals surface area contributed by atoms with Gasteiger partial charge in [0.1, 0.15) is 12.0 Å². The van der Waals surface area contributed by atoms with Crippen LogP contribution in [0, 0.1) is 0 Å². The maximum absolute atomic E-state index is 10.9. The van der Waals surface area contributed by atoms with Crippen molar-refractivity contribution < 1.29 is 12.9 Å². The molecule has 0 fully saturated rings. The topological polar surface area (TPSA) is 99.8 Å². The summed E-state index contributed by atoms with van der Waals surface area (Å²) in [6, 6.07) is 1.77. The summed E-state index contributed by atoms with van der Waals surface area (Å²) < 4.78 is 28.9. The van der Waals surface area contributed by atoms with Crippen LogP contribution in [0.25, 0.3) is 0 Å². The Morgan fingerprint density at radius 3 is 2.70 bits per heavy atom. The lowest BCUT2D eigenvalue weighted by Gasteiger charge is -2.20. The standard InChI is InChI=1S/C10H19N5O3S.HI/c1-11-10(12-5-6-13-19(3,16)17)15(2)8-9-4-7-18-14-9;/h4,7,13H,5-6,8H2,1-3H3,(H,11,12);1H. The summed E-state index contributed by atoms with van der Waals surface area (Å²) in [6.45, 7) is 1.30. The van der Waals surface area contributed by atoms with Gasteiger partial charge in [-0.05, 0) is 0 Å². The molecule has 0 radical (unpaired) electrons. The van der Waals surface area contributed by atoms with Gasteiger partial charge in [-0.25, -0.2) is 13.1 Å². The summed E-state index contributed by atoms with van der Waals surface area (Å²) in [5.74, 6) is 0.651. The van der Waals surface area contributed by atoms with Gasteiger partial charge in [0.15, 0.2) is 5.96 Å². The molecule has 1 aromatic heterocycles. The number of hydrogen-bond acceptors (Lipinski definition) is 5. The molecule has 2 N–H and O–H groups in total. The predicted octanol–water partition coefficient (Wildman–Crippen LogP) is -0.151. The first-order valence-electron chi connectivity index (χ1n) is 5.68. The lowest BCUT2D eigenvalue weighted by Crippen LogP contribution is -2.42. The Balaban J connectivity index is 0.00000361. The van der Waals surface area contributed by atoms with Gasteiger partial charge >= 0.3 is 0 Å². The van der Waals surface area contributed by atoms with Gasteiger partial charge in [-0.3, -0.25) is 4.99 Å². The second-order valence-electron chi connectivity index (χ2n) is 3.99. The predicted molar refractivity (Wildman–Crippen MR) is 87.6 cm³/mol. The third-order valence-corrected chi connectivity index (χ3v) is 2.96. The van der Waals surface area contributed by atoms with E-state index in [9.17, 15) is 8.42 Å². The molecule has 0 aliphatic heterocycles. The maximum atomic E-state index is 10.9. The molecule has 116 valence electrons. The molecule has 10 heteroatoms. The SMILES string of the molecule is CN=C(NCCNS(C)(=O)=O)N(C)Cc1ccon1.I. The van der Waals surface area contributed by atoms with E-state index in [0.717, 1.165) is 11.9 Å². The summed E-state index contributed by atoms with van der Waals surface area (Å²) in [5.41, 5.74) is 0.791. The molecule has 8 nitrogen and oxygen atoms in total. The smallest absolute Gasteiger partial charge is 0.208 e. The molecule has 0 aliphatic carbocycles.